The summed E-state index contributed by atoms with van der Waals surface area (Å²) in [6.07, 6.45) is -1.83. The van der Waals surface area contributed by atoms with Crippen molar-refractivity contribution in [3.8, 4) is 0 Å². The van der Waals surface area contributed by atoms with E-state index in [9.17, 15) is 18.0 Å². The highest BCUT2D eigenvalue weighted by molar-refractivity contribution is 7.09. The molecule has 22 heavy (non-hydrogen) atoms. The molecule has 0 radical (unpaired) electrons. The lowest BCUT2D eigenvalue weighted by molar-refractivity contribution is -0.156. The first-order valence-corrected chi connectivity index (χ1v) is 7.52. The van der Waals surface area contributed by atoms with E-state index in [-0.39, 0.29) is 11.4 Å². The van der Waals surface area contributed by atoms with Gasteiger partial charge in [-0.25, -0.2) is 4.98 Å². The SMILES string of the molecule is CCCc1nc(C(=O)NC(c2ccccn2)C(F)(F)F)cs1. The van der Waals surface area contributed by atoms with Crippen LogP contribution in [0, 0.1) is 0 Å². The third-order valence-corrected chi connectivity index (χ3v) is 3.74. The number of aromatic nitrogens is 2. The maximum absolute atomic E-state index is 13.1. The smallest absolute Gasteiger partial charge is 0.334 e. The van der Waals surface area contributed by atoms with Crippen LogP contribution >= 0.6 is 11.3 Å². The maximum atomic E-state index is 13.1. The van der Waals surface area contributed by atoms with Gasteiger partial charge in [-0.2, -0.15) is 13.2 Å². The molecule has 0 aromatic carbocycles. The Balaban J connectivity index is 2.18. The molecular formula is C14H14F3N3OS. The van der Waals surface area contributed by atoms with E-state index in [1.807, 2.05) is 12.2 Å². The highest BCUT2D eigenvalue weighted by Gasteiger charge is 2.43. The predicted octanol–water partition coefficient (Wildman–Crippen LogP) is 3.52. The van der Waals surface area contributed by atoms with E-state index in [0.29, 0.717) is 6.42 Å². The normalized spacial score (nSPS) is 12.9. The zero-order chi connectivity index (χ0) is 16.2. The summed E-state index contributed by atoms with van der Waals surface area (Å²) in [4.78, 5) is 19.7. The molecule has 0 fully saturated rings. The van der Waals surface area contributed by atoms with Crippen molar-refractivity contribution in [1.29, 1.82) is 0 Å². The van der Waals surface area contributed by atoms with Crippen molar-refractivity contribution in [3.05, 3.63) is 46.2 Å². The molecule has 0 saturated carbocycles. The fourth-order valence-corrected chi connectivity index (χ4v) is 2.70. The Morgan fingerprint density at radius 2 is 2.18 bits per heavy atom. The fraction of sp³-hybridized carbons (Fsp3) is 0.357. The van der Waals surface area contributed by atoms with Crippen LogP contribution in [-0.2, 0) is 6.42 Å². The molecule has 1 N–H and O–H groups in total. The van der Waals surface area contributed by atoms with Crippen molar-refractivity contribution < 1.29 is 18.0 Å². The number of pyridine rings is 1. The van der Waals surface area contributed by atoms with Gasteiger partial charge in [0.15, 0.2) is 6.04 Å². The molecular weight excluding hydrogens is 315 g/mol. The van der Waals surface area contributed by atoms with Crippen molar-refractivity contribution >= 4 is 17.2 Å². The summed E-state index contributed by atoms with van der Waals surface area (Å²) in [5.41, 5.74) is -0.258. The number of nitrogens with zero attached hydrogens (tertiary/aromatic N) is 2. The zero-order valence-electron chi connectivity index (χ0n) is 11.7. The number of rotatable bonds is 5. The van der Waals surface area contributed by atoms with Gasteiger partial charge in [0.25, 0.3) is 5.91 Å². The first kappa shape index (κ1) is 16.4. The predicted molar refractivity (Wildman–Crippen MR) is 76.6 cm³/mol. The molecule has 1 unspecified atom stereocenters. The molecule has 2 heterocycles. The highest BCUT2D eigenvalue weighted by atomic mass is 32.1. The highest BCUT2D eigenvalue weighted by Crippen LogP contribution is 2.31. The first-order valence-electron chi connectivity index (χ1n) is 6.64. The Labute approximate surface area is 129 Å². The van der Waals surface area contributed by atoms with Crippen LogP contribution in [0.2, 0.25) is 0 Å². The minimum atomic E-state index is -4.63. The number of carbonyl (C=O) groups excluding carboxylic acids is 1. The van der Waals surface area contributed by atoms with Gasteiger partial charge in [-0.1, -0.05) is 13.0 Å². The van der Waals surface area contributed by atoms with Crippen LogP contribution in [0.3, 0.4) is 0 Å². The summed E-state index contributed by atoms with van der Waals surface area (Å²) in [6.45, 7) is 1.96. The van der Waals surface area contributed by atoms with Crippen molar-refractivity contribution in [2.75, 3.05) is 0 Å². The summed E-state index contributed by atoms with van der Waals surface area (Å²) in [5.74, 6) is -0.855. The average molecular weight is 329 g/mol. The number of alkyl halides is 3. The van der Waals surface area contributed by atoms with Gasteiger partial charge in [-0.3, -0.25) is 9.78 Å². The lowest BCUT2D eigenvalue weighted by atomic mass is 10.1. The van der Waals surface area contributed by atoms with Crippen molar-refractivity contribution in [3.63, 3.8) is 0 Å². The number of aryl methyl sites for hydroxylation is 1. The van der Waals surface area contributed by atoms with Crippen molar-refractivity contribution in [1.82, 2.24) is 15.3 Å². The number of carbonyl (C=O) groups is 1. The number of thiazole rings is 1. The number of hydrogen-bond acceptors (Lipinski definition) is 4. The average Bonchev–Trinajstić information content (AvgIpc) is 2.93. The molecule has 0 spiro atoms. The van der Waals surface area contributed by atoms with Crippen LogP contribution in [0.25, 0.3) is 0 Å². The summed E-state index contributed by atoms with van der Waals surface area (Å²) in [7, 11) is 0. The topological polar surface area (TPSA) is 54.9 Å². The monoisotopic (exact) mass is 329 g/mol. The number of nitrogens with one attached hydrogen (secondary N) is 1. The summed E-state index contributed by atoms with van der Waals surface area (Å²) >= 11 is 1.26. The second-order valence-electron chi connectivity index (χ2n) is 4.58. The van der Waals surface area contributed by atoms with Gasteiger partial charge in [0.05, 0.1) is 10.7 Å². The number of halogens is 3. The van der Waals surface area contributed by atoms with Gasteiger partial charge in [-0.05, 0) is 25.0 Å². The third kappa shape index (κ3) is 4.03. The first-order chi connectivity index (χ1) is 10.4. The molecule has 0 aliphatic rings. The van der Waals surface area contributed by atoms with Crippen molar-refractivity contribution in [2.24, 2.45) is 0 Å². The molecule has 2 aromatic heterocycles. The van der Waals surface area contributed by atoms with Crippen molar-refractivity contribution in [2.45, 2.75) is 32.0 Å². The molecule has 0 aliphatic heterocycles. The molecule has 0 bridgehead atoms. The molecule has 1 amide bonds. The van der Waals surface area contributed by atoms with Gasteiger partial charge in [0.1, 0.15) is 5.69 Å². The lowest BCUT2D eigenvalue weighted by Gasteiger charge is -2.20. The zero-order valence-corrected chi connectivity index (χ0v) is 12.5. The molecule has 4 nitrogen and oxygen atoms in total. The van der Waals surface area contributed by atoms with E-state index >= 15 is 0 Å². The molecule has 2 aromatic rings. The van der Waals surface area contributed by atoms with Gasteiger partial charge in [0, 0.05) is 11.6 Å². The number of amides is 1. The summed E-state index contributed by atoms with van der Waals surface area (Å²) in [6, 6.07) is 2.02. The quantitative estimate of drug-likeness (QED) is 0.913. The van der Waals surface area contributed by atoms with Crippen LogP contribution in [0.15, 0.2) is 29.8 Å². The minimum Gasteiger partial charge on any atom is -0.334 e. The molecule has 2 rings (SSSR count). The Morgan fingerprint density at radius 3 is 2.77 bits per heavy atom. The Hall–Kier alpha value is -1.96. The molecule has 118 valence electrons. The molecule has 0 aliphatic carbocycles. The summed E-state index contributed by atoms with van der Waals surface area (Å²) < 4.78 is 39.4. The van der Waals surface area contributed by atoms with Crippen LogP contribution < -0.4 is 5.32 Å². The molecule has 1 atom stereocenters. The van der Waals surface area contributed by atoms with E-state index in [1.165, 1.54) is 41.1 Å². The van der Waals surface area contributed by atoms with Crippen LogP contribution in [0.1, 0.15) is 40.6 Å². The Kier molecular flexibility index (Phi) is 5.12. The van der Waals surface area contributed by atoms with Crippen LogP contribution in [0.5, 0.6) is 0 Å². The fourth-order valence-electron chi connectivity index (χ4n) is 1.82. The van der Waals surface area contributed by atoms with E-state index in [1.54, 1.807) is 0 Å². The largest absolute Gasteiger partial charge is 0.414 e. The number of hydrogen-bond donors (Lipinski definition) is 1. The molecule has 0 saturated heterocycles. The Morgan fingerprint density at radius 1 is 1.41 bits per heavy atom. The van der Waals surface area contributed by atoms with Crippen LogP contribution in [0.4, 0.5) is 13.2 Å². The second kappa shape index (κ2) is 6.87. The van der Waals surface area contributed by atoms with Gasteiger partial charge in [-0.15, -0.1) is 11.3 Å². The second-order valence-corrected chi connectivity index (χ2v) is 5.52. The van der Waals surface area contributed by atoms with Crippen LogP contribution in [-0.4, -0.2) is 22.1 Å². The van der Waals surface area contributed by atoms with E-state index in [4.69, 9.17) is 0 Å². The Bertz CT molecular complexity index is 628. The van der Waals surface area contributed by atoms with Gasteiger partial charge < -0.3 is 5.32 Å². The van der Waals surface area contributed by atoms with E-state index in [2.05, 4.69) is 9.97 Å². The van der Waals surface area contributed by atoms with Gasteiger partial charge in [0.2, 0.25) is 0 Å². The summed E-state index contributed by atoms with van der Waals surface area (Å²) in [5, 5.41) is 4.16. The third-order valence-electron chi connectivity index (χ3n) is 2.83. The maximum Gasteiger partial charge on any atom is 0.414 e. The minimum absolute atomic E-state index is 0.00127. The van der Waals surface area contributed by atoms with Gasteiger partial charge >= 0.3 is 6.18 Å². The lowest BCUT2D eigenvalue weighted by Crippen LogP contribution is -2.38. The standard InChI is InChI=1S/C14H14F3N3OS/c1-2-5-11-19-10(8-22-11)13(21)20-12(14(15,16)17)9-6-3-4-7-18-9/h3-4,6-8,12H,2,5H2,1H3,(H,20,21). The van der Waals surface area contributed by atoms with E-state index < -0.39 is 18.1 Å². The molecule has 8 heteroatoms. The van der Waals surface area contributed by atoms with E-state index in [0.717, 1.165) is 11.4 Å².